The molecule has 1 aromatic heterocycles. The topological polar surface area (TPSA) is 47.6 Å². The van der Waals surface area contributed by atoms with E-state index < -0.39 is 0 Å². The van der Waals surface area contributed by atoms with Crippen LogP contribution in [-0.4, -0.2) is 25.2 Å². The van der Waals surface area contributed by atoms with E-state index in [9.17, 15) is 4.79 Å². The van der Waals surface area contributed by atoms with Crippen molar-refractivity contribution < 1.29 is 14.3 Å². The van der Waals surface area contributed by atoms with Crippen molar-refractivity contribution in [2.45, 2.75) is 18.9 Å². The fourth-order valence-electron chi connectivity index (χ4n) is 2.17. The van der Waals surface area contributed by atoms with Crippen molar-refractivity contribution in [1.29, 1.82) is 0 Å². The van der Waals surface area contributed by atoms with Gasteiger partial charge in [-0.2, -0.15) is 0 Å². The average Bonchev–Trinajstić information content (AvgIpc) is 3.04. The zero-order chi connectivity index (χ0) is 14.5. The number of para-hydroxylation sites is 2. The molecule has 1 unspecified atom stereocenters. The first-order chi connectivity index (χ1) is 10.3. The van der Waals surface area contributed by atoms with Crippen LogP contribution in [0.2, 0.25) is 0 Å². The van der Waals surface area contributed by atoms with Crippen molar-refractivity contribution >= 4 is 17.2 Å². The molecule has 1 aliphatic heterocycles. The number of fused-ring (bicyclic) bond motifs is 1. The molecule has 1 aliphatic rings. The lowest BCUT2D eigenvalue weighted by Gasteiger charge is -2.26. The van der Waals surface area contributed by atoms with Gasteiger partial charge in [-0.1, -0.05) is 18.2 Å². The lowest BCUT2D eigenvalue weighted by molar-refractivity contribution is -0.121. The molecule has 1 amide bonds. The van der Waals surface area contributed by atoms with Gasteiger partial charge in [-0.05, 0) is 30.0 Å². The van der Waals surface area contributed by atoms with Crippen LogP contribution in [0.25, 0.3) is 0 Å². The SMILES string of the molecule is O=C(CCc1cccs1)NCC1COc2ccccc2O1. The molecule has 0 radical (unpaired) electrons. The lowest BCUT2D eigenvalue weighted by Crippen LogP contribution is -2.40. The standard InChI is InChI=1S/C16H17NO3S/c18-16(8-7-13-4-3-9-21-13)17-10-12-11-19-14-5-1-2-6-15(14)20-12/h1-6,9,12H,7-8,10-11H2,(H,17,18). The molecule has 4 nitrogen and oxygen atoms in total. The van der Waals surface area contributed by atoms with Gasteiger partial charge in [-0.15, -0.1) is 11.3 Å². The second kappa shape index (κ2) is 6.63. The van der Waals surface area contributed by atoms with Gasteiger partial charge in [0, 0.05) is 11.3 Å². The fourth-order valence-corrected chi connectivity index (χ4v) is 2.88. The van der Waals surface area contributed by atoms with Gasteiger partial charge >= 0.3 is 0 Å². The number of thiophene rings is 1. The van der Waals surface area contributed by atoms with Crippen LogP contribution in [0.5, 0.6) is 11.5 Å². The summed E-state index contributed by atoms with van der Waals surface area (Å²) in [6.45, 7) is 0.930. The van der Waals surface area contributed by atoms with Gasteiger partial charge in [-0.25, -0.2) is 0 Å². The number of carbonyl (C=O) groups is 1. The molecule has 0 fully saturated rings. The third-order valence-electron chi connectivity index (χ3n) is 3.27. The molecule has 1 aromatic carbocycles. The summed E-state index contributed by atoms with van der Waals surface area (Å²) < 4.78 is 11.4. The molecule has 0 spiro atoms. The third-order valence-corrected chi connectivity index (χ3v) is 4.21. The Morgan fingerprint density at radius 3 is 2.90 bits per heavy atom. The monoisotopic (exact) mass is 303 g/mol. The Kier molecular flexibility index (Phi) is 4.40. The number of nitrogens with one attached hydrogen (secondary N) is 1. The number of amides is 1. The van der Waals surface area contributed by atoms with Gasteiger partial charge in [0.1, 0.15) is 12.7 Å². The summed E-state index contributed by atoms with van der Waals surface area (Å²) in [6.07, 6.45) is 1.16. The summed E-state index contributed by atoms with van der Waals surface area (Å²) in [5, 5.41) is 4.93. The molecule has 3 rings (SSSR count). The van der Waals surface area contributed by atoms with Crippen LogP contribution < -0.4 is 14.8 Å². The minimum Gasteiger partial charge on any atom is -0.486 e. The molecular formula is C16H17NO3S. The molecule has 110 valence electrons. The average molecular weight is 303 g/mol. The molecule has 21 heavy (non-hydrogen) atoms. The highest BCUT2D eigenvalue weighted by molar-refractivity contribution is 7.09. The predicted octanol–water partition coefficient (Wildman–Crippen LogP) is 2.64. The number of carbonyl (C=O) groups excluding carboxylic acids is 1. The summed E-state index contributed by atoms with van der Waals surface area (Å²) in [6, 6.07) is 11.6. The van der Waals surface area contributed by atoms with E-state index in [2.05, 4.69) is 5.32 Å². The molecule has 1 N–H and O–H groups in total. The number of hydrogen-bond donors (Lipinski definition) is 1. The number of rotatable bonds is 5. The van der Waals surface area contributed by atoms with E-state index in [1.165, 1.54) is 4.88 Å². The van der Waals surface area contributed by atoms with Gasteiger partial charge < -0.3 is 14.8 Å². The maximum absolute atomic E-state index is 11.8. The minimum absolute atomic E-state index is 0.0471. The van der Waals surface area contributed by atoms with Crippen LogP contribution in [-0.2, 0) is 11.2 Å². The Bertz CT molecular complexity index is 597. The largest absolute Gasteiger partial charge is 0.486 e. The van der Waals surface area contributed by atoms with E-state index >= 15 is 0 Å². The summed E-state index contributed by atoms with van der Waals surface area (Å²) in [4.78, 5) is 13.1. The van der Waals surface area contributed by atoms with E-state index in [1.807, 2.05) is 41.8 Å². The van der Waals surface area contributed by atoms with Gasteiger partial charge in [0.25, 0.3) is 0 Å². The van der Waals surface area contributed by atoms with Crippen LogP contribution in [0, 0.1) is 0 Å². The second-order valence-electron chi connectivity index (χ2n) is 4.88. The first kappa shape index (κ1) is 13.9. The summed E-state index contributed by atoms with van der Waals surface area (Å²) in [7, 11) is 0. The van der Waals surface area contributed by atoms with Crippen molar-refractivity contribution in [3.8, 4) is 11.5 Å². The molecule has 2 heterocycles. The minimum atomic E-state index is -0.134. The van der Waals surface area contributed by atoms with Crippen LogP contribution in [0.3, 0.4) is 0 Å². The Labute approximate surface area is 127 Å². The van der Waals surface area contributed by atoms with E-state index in [0.717, 1.165) is 17.9 Å². The summed E-state index contributed by atoms with van der Waals surface area (Å²) in [5.74, 6) is 1.55. The normalized spacial score (nSPS) is 16.5. The van der Waals surface area contributed by atoms with Crippen molar-refractivity contribution in [3.63, 3.8) is 0 Å². The van der Waals surface area contributed by atoms with Crippen LogP contribution in [0.4, 0.5) is 0 Å². The van der Waals surface area contributed by atoms with Gasteiger partial charge in [0.2, 0.25) is 5.91 Å². The molecule has 2 aromatic rings. The first-order valence-corrected chi connectivity index (χ1v) is 7.87. The molecule has 1 atom stereocenters. The van der Waals surface area contributed by atoms with Crippen molar-refractivity contribution in [1.82, 2.24) is 5.32 Å². The maximum Gasteiger partial charge on any atom is 0.220 e. The number of hydrogen-bond acceptors (Lipinski definition) is 4. The van der Waals surface area contributed by atoms with Crippen LogP contribution in [0.15, 0.2) is 41.8 Å². The zero-order valence-corrected chi connectivity index (χ0v) is 12.4. The quantitative estimate of drug-likeness (QED) is 0.923. The van der Waals surface area contributed by atoms with E-state index in [4.69, 9.17) is 9.47 Å². The highest BCUT2D eigenvalue weighted by atomic mass is 32.1. The Hall–Kier alpha value is -2.01. The molecule has 0 saturated heterocycles. The van der Waals surface area contributed by atoms with E-state index in [-0.39, 0.29) is 12.0 Å². The Morgan fingerprint density at radius 2 is 2.10 bits per heavy atom. The van der Waals surface area contributed by atoms with Gasteiger partial charge in [0.05, 0.1) is 6.54 Å². The number of aryl methyl sites for hydroxylation is 1. The van der Waals surface area contributed by atoms with Gasteiger partial charge in [-0.3, -0.25) is 4.79 Å². The van der Waals surface area contributed by atoms with Crippen molar-refractivity contribution in [3.05, 3.63) is 46.7 Å². The third kappa shape index (κ3) is 3.76. The smallest absolute Gasteiger partial charge is 0.220 e. The van der Waals surface area contributed by atoms with Crippen molar-refractivity contribution in [2.75, 3.05) is 13.2 Å². The summed E-state index contributed by atoms with van der Waals surface area (Å²) in [5.41, 5.74) is 0. The van der Waals surface area contributed by atoms with E-state index in [1.54, 1.807) is 11.3 Å². The molecule has 5 heteroatoms. The second-order valence-corrected chi connectivity index (χ2v) is 5.91. The lowest BCUT2D eigenvalue weighted by atomic mass is 10.2. The van der Waals surface area contributed by atoms with E-state index in [0.29, 0.717) is 19.6 Å². The first-order valence-electron chi connectivity index (χ1n) is 6.99. The van der Waals surface area contributed by atoms with Crippen LogP contribution >= 0.6 is 11.3 Å². The number of ether oxygens (including phenoxy) is 2. The highest BCUT2D eigenvalue weighted by Crippen LogP contribution is 2.30. The molecular weight excluding hydrogens is 286 g/mol. The van der Waals surface area contributed by atoms with Gasteiger partial charge in [0.15, 0.2) is 11.5 Å². The Morgan fingerprint density at radius 1 is 1.24 bits per heavy atom. The maximum atomic E-state index is 11.8. The van der Waals surface area contributed by atoms with Crippen molar-refractivity contribution in [2.24, 2.45) is 0 Å². The Balaban J connectivity index is 1.42. The predicted molar refractivity (Wildman–Crippen MR) is 82.0 cm³/mol. The number of benzene rings is 1. The summed E-state index contributed by atoms with van der Waals surface area (Å²) >= 11 is 1.68. The highest BCUT2D eigenvalue weighted by Gasteiger charge is 2.20. The molecule has 0 aliphatic carbocycles. The molecule has 0 saturated carbocycles. The van der Waals surface area contributed by atoms with Crippen LogP contribution in [0.1, 0.15) is 11.3 Å². The fraction of sp³-hybridized carbons (Fsp3) is 0.312. The zero-order valence-electron chi connectivity index (χ0n) is 11.6. The molecule has 0 bridgehead atoms.